The minimum Gasteiger partial charge on any atom is -0.319 e. The third-order valence-corrected chi connectivity index (χ3v) is 7.52. The molecule has 6 nitrogen and oxygen atoms in total. The second kappa shape index (κ2) is 11.0. The fourth-order valence-corrected chi connectivity index (χ4v) is 5.66. The van der Waals surface area contributed by atoms with Crippen LogP contribution >= 0.6 is 35.6 Å². The van der Waals surface area contributed by atoms with Crippen LogP contribution in [0, 0.1) is 12.8 Å². The van der Waals surface area contributed by atoms with E-state index in [9.17, 15) is 13.2 Å². The van der Waals surface area contributed by atoms with Crippen molar-refractivity contribution in [3.8, 4) is 0 Å². The minimum absolute atomic E-state index is 0. The number of aryl methyl sites for hydroxylation is 1. The molecule has 0 aliphatic carbocycles. The van der Waals surface area contributed by atoms with E-state index in [1.165, 1.54) is 12.1 Å². The van der Waals surface area contributed by atoms with Gasteiger partial charge in [-0.1, -0.05) is 41.4 Å². The van der Waals surface area contributed by atoms with Crippen LogP contribution in [0.5, 0.6) is 0 Å². The zero-order valence-electron chi connectivity index (χ0n) is 17.2. The molecule has 1 amide bonds. The number of amides is 1. The maximum Gasteiger partial charge on any atom is 0.256 e. The Hall–Kier alpha value is -1.35. The largest absolute Gasteiger partial charge is 0.319 e. The monoisotopic (exact) mass is 505 g/mol. The normalized spacial score (nSPS) is 15.7. The van der Waals surface area contributed by atoms with Gasteiger partial charge in [-0.2, -0.15) is 0 Å². The maximum absolute atomic E-state index is 12.9. The first-order valence-corrected chi connectivity index (χ1v) is 12.0. The number of benzene rings is 2. The predicted octanol–water partition coefficient (Wildman–Crippen LogP) is 4.64. The summed E-state index contributed by atoms with van der Waals surface area (Å²) in [6.45, 7) is 5.45. The number of sulfonamides is 1. The van der Waals surface area contributed by atoms with E-state index >= 15 is 0 Å². The van der Waals surface area contributed by atoms with E-state index in [-0.39, 0.29) is 50.9 Å². The second-order valence-corrected chi connectivity index (χ2v) is 10.1. The summed E-state index contributed by atoms with van der Waals surface area (Å²) in [6, 6.07) is 9.51. The van der Waals surface area contributed by atoms with Crippen LogP contribution in [0.3, 0.4) is 0 Å². The minimum atomic E-state index is -3.81. The summed E-state index contributed by atoms with van der Waals surface area (Å²) < 4.78 is 28.4. The molecule has 1 fully saturated rings. The molecule has 170 valence electrons. The standard InChI is InChI=1S/C21H25Cl2N3O3S.ClH/c1-13-5-3-4-6-17(13)21(27)25-20-18(22)11-16(12-19(20)23)30(28,29)26-14(2)15-7-9-24-10-8-15;/h3-6,11-12,14-15,24,26H,7-10H2,1-2H3,(H,25,27);1H/t14-;/m1./s1. The van der Waals surface area contributed by atoms with E-state index in [1.807, 2.05) is 26.0 Å². The molecular formula is C21H26Cl3N3O3S. The Morgan fingerprint density at radius 3 is 2.29 bits per heavy atom. The number of halogens is 3. The fourth-order valence-electron chi connectivity index (χ4n) is 3.59. The molecule has 1 saturated heterocycles. The summed E-state index contributed by atoms with van der Waals surface area (Å²) in [5.74, 6) is -0.107. The van der Waals surface area contributed by atoms with E-state index in [0.717, 1.165) is 31.5 Å². The number of hydrogen-bond acceptors (Lipinski definition) is 4. The third kappa shape index (κ3) is 6.34. The number of anilines is 1. The molecule has 1 atom stereocenters. The SMILES string of the molecule is Cc1ccccc1C(=O)Nc1c(Cl)cc(S(=O)(=O)N[C@H](C)C2CCNCC2)cc1Cl.Cl. The Labute approximate surface area is 199 Å². The number of nitrogens with one attached hydrogen (secondary N) is 3. The van der Waals surface area contributed by atoms with Crippen molar-refractivity contribution in [2.24, 2.45) is 5.92 Å². The highest BCUT2D eigenvalue weighted by atomic mass is 35.5. The zero-order valence-corrected chi connectivity index (χ0v) is 20.4. The lowest BCUT2D eigenvalue weighted by atomic mass is 9.92. The van der Waals surface area contributed by atoms with E-state index < -0.39 is 10.0 Å². The van der Waals surface area contributed by atoms with Crippen molar-refractivity contribution in [3.05, 3.63) is 57.6 Å². The van der Waals surface area contributed by atoms with Crippen LogP contribution in [0.25, 0.3) is 0 Å². The maximum atomic E-state index is 12.9. The van der Waals surface area contributed by atoms with Gasteiger partial charge in [-0.25, -0.2) is 13.1 Å². The van der Waals surface area contributed by atoms with Gasteiger partial charge in [0, 0.05) is 11.6 Å². The van der Waals surface area contributed by atoms with Crippen LogP contribution in [-0.4, -0.2) is 33.5 Å². The highest BCUT2D eigenvalue weighted by Gasteiger charge is 2.26. The van der Waals surface area contributed by atoms with Crippen molar-refractivity contribution in [1.29, 1.82) is 0 Å². The lowest BCUT2D eigenvalue weighted by molar-refractivity contribution is 0.102. The average Bonchev–Trinajstić information content (AvgIpc) is 2.71. The lowest BCUT2D eigenvalue weighted by Crippen LogP contribution is -2.42. The molecule has 3 N–H and O–H groups in total. The highest BCUT2D eigenvalue weighted by Crippen LogP contribution is 2.34. The van der Waals surface area contributed by atoms with Crippen LogP contribution in [0.15, 0.2) is 41.3 Å². The van der Waals surface area contributed by atoms with Crippen LogP contribution < -0.4 is 15.4 Å². The summed E-state index contributed by atoms with van der Waals surface area (Å²) in [4.78, 5) is 12.5. The lowest BCUT2D eigenvalue weighted by Gasteiger charge is -2.28. The number of hydrogen-bond donors (Lipinski definition) is 3. The third-order valence-electron chi connectivity index (χ3n) is 5.39. The predicted molar refractivity (Wildman–Crippen MR) is 128 cm³/mol. The van der Waals surface area contributed by atoms with Gasteiger partial charge in [0.05, 0.1) is 20.6 Å². The van der Waals surface area contributed by atoms with Gasteiger partial charge >= 0.3 is 0 Å². The van der Waals surface area contributed by atoms with Gasteiger partial charge in [-0.3, -0.25) is 4.79 Å². The average molecular weight is 507 g/mol. The number of carbonyl (C=O) groups is 1. The van der Waals surface area contributed by atoms with Crippen molar-refractivity contribution >= 4 is 57.2 Å². The first-order valence-electron chi connectivity index (χ1n) is 9.78. The summed E-state index contributed by atoms with van der Waals surface area (Å²) in [5.41, 5.74) is 1.47. The molecule has 2 aromatic carbocycles. The van der Waals surface area contributed by atoms with E-state index in [1.54, 1.807) is 12.1 Å². The first-order chi connectivity index (χ1) is 14.2. The molecule has 2 aromatic rings. The molecule has 0 saturated carbocycles. The van der Waals surface area contributed by atoms with Crippen LogP contribution in [0.4, 0.5) is 5.69 Å². The highest BCUT2D eigenvalue weighted by molar-refractivity contribution is 7.89. The molecule has 3 rings (SSSR count). The number of piperidine rings is 1. The van der Waals surface area contributed by atoms with E-state index in [4.69, 9.17) is 23.2 Å². The topological polar surface area (TPSA) is 87.3 Å². The van der Waals surface area contributed by atoms with Crippen molar-refractivity contribution in [2.45, 2.75) is 37.6 Å². The van der Waals surface area contributed by atoms with Crippen molar-refractivity contribution in [3.63, 3.8) is 0 Å². The Bertz CT molecular complexity index is 1020. The van der Waals surface area contributed by atoms with Gasteiger partial charge in [-0.05, 0) is 69.5 Å². The van der Waals surface area contributed by atoms with Crippen LogP contribution in [0.1, 0.15) is 35.7 Å². The Morgan fingerprint density at radius 1 is 1.13 bits per heavy atom. The van der Waals surface area contributed by atoms with Crippen molar-refractivity contribution in [1.82, 2.24) is 10.0 Å². The summed E-state index contributed by atoms with van der Waals surface area (Å²) >= 11 is 12.6. The van der Waals surface area contributed by atoms with Crippen LogP contribution in [0.2, 0.25) is 10.0 Å². The summed E-state index contributed by atoms with van der Waals surface area (Å²) in [6.07, 6.45) is 1.82. The Kier molecular flexibility index (Phi) is 9.18. The van der Waals surface area contributed by atoms with E-state index in [0.29, 0.717) is 5.56 Å². The first kappa shape index (κ1) is 25.9. The molecular weight excluding hydrogens is 481 g/mol. The molecule has 1 aliphatic rings. The van der Waals surface area contributed by atoms with Gasteiger partial charge in [0.2, 0.25) is 10.0 Å². The smallest absolute Gasteiger partial charge is 0.256 e. The molecule has 10 heteroatoms. The van der Waals surface area contributed by atoms with Gasteiger partial charge < -0.3 is 10.6 Å². The second-order valence-electron chi connectivity index (χ2n) is 7.53. The molecule has 0 unspecified atom stereocenters. The van der Waals surface area contributed by atoms with Gasteiger partial charge in [0.25, 0.3) is 5.91 Å². The Morgan fingerprint density at radius 2 is 1.71 bits per heavy atom. The molecule has 0 spiro atoms. The molecule has 31 heavy (non-hydrogen) atoms. The van der Waals surface area contributed by atoms with Crippen LogP contribution in [-0.2, 0) is 10.0 Å². The van der Waals surface area contributed by atoms with Crippen molar-refractivity contribution in [2.75, 3.05) is 18.4 Å². The van der Waals surface area contributed by atoms with E-state index in [2.05, 4.69) is 15.4 Å². The molecule has 0 radical (unpaired) electrons. The molecule has 0 aromatic heterocycles. The molecule has 1 heterocycles. The van der Waals surface area contributed by atoms with Gasteiger partial charge in [-0.15, -0.1) is 12.4 Å². The van der Waals surface area contributed by atoms with Gasteiger partial charge in [0.1, 0.15) is 0 Å². The van der Waals surface area contributed by atoms with Crippen molar-refractivity contribution < 1.29 is 13.2 Å². The molecule has 1 aliphatic heterocycles. The summed E-state index contributed by atoms with van der Waals surface area (Å²) in [5, 5.41) is 6.06. The number of carbonyl (C=O) groups excluding carboxylic acids is 1. The zero-order chi connectivity index (χ0) is 21.9. The quantitative estimate of drug-likeness (QED) is 0.532. The fraction of sp³-hybridized carbons (Fsp3) is 0.381. The number of rotatable bonds is 6. The summed E-state index contributed by atoms with van der Waals surface area (Å²) in [7, 11) is -3.81. The Balaban J connectivity index is 0.00000341. The van der Waals surface area contributed by atoms with Gasteiger partial charge in [0.15, 0.2) is 0 Å². The molecule has 0 bridgehead atoms.